The second-order valence-electron chi connectivity index (χ2n) is 7.57. The van der Waals surface area contributed by atoms with Crippen LogP contribution < -0.4 is 4.90 Å². The minimum absolute atomic E-state index is 0.691. The zero-order valence-corrected chi connectivity index (χ0v) is 15.2. The number of anilines is 1. The number of benzene rings is 1. The summed E-state index contributed by atoms with van der Waals surface area (Å²) in [6, 6.07) is 8.58. The molecule has 0 bridgehead atoms. The molecule has 0 unspecified atom stereocenters. The Hall–Kier alpha value is -2.43. The number of hydrogen-bond donors (Lipinski definition) is 0. The maximum atomic E-state index is 4.59. The molecule has 2 aromatic heterocycles. The van der Waals surface area contributed by atoms with Crippen LogP contribution in [-0.2, 0) is 6.54 Å². The van der Waals surface area contributed by atoms with E-state index in [2.05, 4.69) is 65.0 Å². The van der Waals surface area contributed by atoms with Gasteiger partial charge in [0, 0.05) is 13.1 Å². The van der Waals surface area contributed by atoms with Gasteiger partial charge in [-0.05, 0) is 30.7 Å². The van der Waals surface area contributed by atoms with Crippen LogP contribution in [0.25, 0.3) is 11.0 Å². The molecule has 3 heterocycles. The molecule has 1 fully saturated rings. The molecule has 1 saturated heterocycles. The van der Waals surface area contributed by atoms with Crippen LogP contribution in [0.4, 0.5) is 5.82 Å². The second kappa shape index (κ2) is 6.47. The summed E-state index contributed by atoms with van der Waals surface area (Å²) in [6.07, 6.45) is 4.88. The predicted octanol–water partition coefficient (Wildman–Crippen LogP) is 3.67. The lowest BCUT2D eigenvalue weighted by Gasteiger charge is -2.35. The first kappa shape index (κ1) is 16.1. The molecule has 4 rings (SSSR count). The quantitative estimate of drug-likeness (QED) is 0.733. The molecule has 2 atom stereocenters. The summed E-state index contributed by atoms with van der Waals surface area (Å²) in [7, 11) is 0. The van der Waals surface area contributed by atoms with Crippen LogP contribution in [-0.4, -0.2) is 32.8 Å². The van der Waals surface area contributed by atoms with Crippen LogP contribution in [0.5, 0.6) is 0 Å². The maximum Gasteiger partial charge on any atom is 0.163 e. The lowest BCUT2D eigenvalue weighted by atomic mass is 9.92. The Morgan fingerprint density at radius 3 is 2.48 bits per heavy atom. The van der Waals surface area contributed by atoms with Gasteiger partial charge in [-0.25, -0.2) is 14.6 Å². The number of hydrogen-bond acceptors (Lipinski definition) is 4. The minimum atomic E-state index is 0.691. The highest BCUT2D eigenvalue weighted by molar-refractivity contribution is 5.86. The average molecular weight is 335 g/mol. The third kappa shape index (κ3) is 3.23. The van der Waals surface area contributed by atoms with Crippen LogP contribution in [0.15, 0.2) is 36.8 Å². The number of aryl methyl sites for hydroxylation is 1. The summed E-state index contributed by atoms with van der Waals surface area (Å²) < 4.78 is 1.97. The van der Waals surface area contributed by atoms with Gasteiger partial charge >= 0.3 is 0 Å². The summed E-state index contributed by atoms with van der Waals surface area (Å²) in [5, 5.41) is 5.65. The molecule has 0 aliphatic carbocycles. The molecule has 3 aromatic rings. The second-order valence-corrected chi connectivity index (χ2v) is 7.57. The molecule has 25 heavy (non-hydrogen) atoms. The van der Waals surface area contributed by atoms with Crippen molar-refractivity contribution in [1.82, 2.24) is 19.7 Å². The fourth-order valence-corrected chi connectivity index (χ4v) is 3.95. The highest BCUT2D eigenvalue weighted by Crippen LogP contribution is 2.29. The van der Waals surface area contributed by atoms with E-state index in [1.807, 2.05) is 10.9 Å². The molecule has 1 aromatic carbocycles. The first-order valence-electron chi connectivity index (χ1n) is 9.07. The van der Waals surface area contributed by atoms with Gasteiger partial charge < -0.3 is 4.90 Å². The van der Waals surface area contributed by atoms with E-state index in [-0.39, 0.29) is 0 Å². The Labute approximate surface area is 148 Å². The molecule has 5 heteroatoms. The SMILES string of the molecule is Cc1ccc(Cn2ncc3c(N4C[C@@H](C)C[C@H](C)C4)ncnc32)cc1. The normalized spacial score (nSPS) is 21.0. The lowest BCUT2D eigenvalue weighted by molar-refractivity contribution is 0.356. The Balaban J connectivity index is 1.67. The van der Waals surface area contributed by atoms with Crippen LogP contribution in [0.1, 0.15) is 31.4 Å². The molecule has 130 valence electrons. The van der Waals surface area contributed by atoms with E-state index in [4.69, 9.17) is 0 Å². The van der Waals surface area contributed by atoms with E-state index < -0.39 is 0 Å². The summed E-state index contributed by atoms with van der Waals surface area (Å²) in [5.41, 5.74) is 3.42. The van der Waals surface area contributed by atoms with Crippen LogP contribution >= 0.6 is 0 Å². The molecule has 5 nitrogen and oxygen atoms in total. The molecule has 1 aliphatic rings. The van der Waals surface area contributed by atoms with Gasteiger partial charge in [0.05, 0.1) is 18.1 Å². The van der Waals surface area contributed by atoms with E-state index in [0.29, 0.717) is 11.8 Å². The van der Waals surface area contributed by atoms with Gasteiger partial charge in [-0.2, -0.15) is 5.10 Å². The molecular formula is C20H25N5. The number of fused-ring (bicyclic) bond motifs is 1. The summed E-state index contributed by atoms with van der Waals surface area (Å²) in [6.45, 7) is 9.59. The number of aromatic nitrogens is 4. The van der Waals surface area contributed by atoms with Crippen molar-refractivity contribution in [3.8, 4) is 0 Å². The van der Waals surface area contributed by atoms with Crippen molar-refractivity contribution in [2.45, 2.75) is 33.7 Å². The highest BCUT2D eigenvalue weighted by Gasteiger charge is 2.25. The van der Waals surface area contributed by atoms with Gasteiger partial charge in [0.2, 0.25) is 0 Å². The van der Waals surface area contributed by atoms with E-state index in [1.54, 1.807) is 6.33 Å². The van der Waals surface area contributed by atoms with Crippen molar-refractivity contribution in [3.05, 3.63) is 47.9 Å². The van der Waals surface area contributed by atoms with Gasteiger partial charge in [-0.3, -0.25) is 0 Å². The van der Waals surface area contributed by atoms with E-state index in [0.717, 1.165) is 36.5 Å². The lowest BCUT2D eigenvalue weighted by Crippen LogP contribution is -2.39. The average Bonchev–Trinajstić information content (AvgIpc) is 2.99. The van der Waals surface area contributed by atoms with E-state index in [9.17, 15) is 0 Å². The maximum absolute atomic E-state index is 4.59. The smallest absolute Gasteiger partial charge is 0.163 e. The van der Waals surface area contributed by atoms with E-state index in [1.165, 1.54) is 17.5 Å². The van der Waals surface area contributed by atoms with Crippen LogP contribution in [0, 0.1) is 18.8 Å². The Morgan fingerprint density at radius 1 is 1.04 bits per heavy atom. The Bertz CT molecular complexity index is 857. The fraction of sp³-hybridized carbons (Fsp3) is 0.450. The zero-order chi connectivity index (χ0) is 17.4. The van der Waals surface area contributed by atoms with Crippen molar-refractivity contribution in [2.75, 3.05) is 18.0 Å². The molecule has 0 radical (unpaired) electrons. The molecule has 0 amide bonds. The zero-order valence-electron chi connectivity index (χ0n) is 15.2. The first-order chi connectivity index (χ1) is 12.1. The summed E-state index contributed by atoms with van der Waals surface area (Å²) in [5.74, 6) is 2.41. The van der Waals surface area contributed by atoms with Gasteiger partial charge in [0.1, 0.15) is 12.1 Å². The third-order valence-corrected chi connectivity index (χ3v) is 5.03. The van der Waals surface area contributed by atoms with Crippen molar-refractivity contribution in [2.24, 2.45) is 11.8 Å². The Morgan fingerprint density at radius 2 is 1.76 bits per heavy atom. The van der Waals surface area contributed by atoms with Gasteiger partial charge in [0.25, 0.3) is 0 Å². The van der Waals surface area contributed by atoms with Crippen molar-refractivity contribution >= 4 is 16.9 Å². The molecule has 0 saturated carbocycles. The van der Waals surface area contributed by atoms with Crippen molar-refractivity contribution in [1.29, 1.82) is 0 Å². The number of rotatable bonds is 3. The molecule has 0 spiro atoms. The Kier molecular flexibility index (Phi) is 4.15. The monoisotopic (exact) mass is 335 g/mol. The molecule has 0 N–H and O–H groups in total. The van der Waals surface area contributed by atoms with Gasteiger partial charge in [-0.1, -0.05) is 43.7 Å². The van der Waals surface area contributed by atoms with Gasteiger partial charge in [0.15, 0.2) is 5.65 Å². The molecular weight excluding hydrogens is 310 g/mol. The fourth-order valence-electron chi connectivity index (χ4n) is 3.95. The first-order valence-corrected chi connectivity index (χ1v) is 9.07. The van der Waals surface area contributed by atoms with Gasteiger partial charge in [-0.15, -0.1) is 0 Å². The largest absolute Gasteiger partial charge is 0.355 e. The third-order valence-electron chi connectivity index (χ3n) is 5.03. The van der Waals surface area contributed by atoms with Crippen molar-refractivity contribution < 1.29 is 0 Å². The topological polar surface area (TPSA) is 46.8 Å². The van der Waals surface area contributed by atoms with E-state index >= 15 is 0 Å². The standard InChI is InChI=1S/C20H25N5/c1-14-4-6-17(7-5-14)12-25-20-18(9-23-25)19(21-13-22-20)24-10-15(2)8-16(3)11-24/h4-7,9,13,15-16H,8,10-12H2,1-3H3/t15-,16-/m0/s1. The summed E-state index contributed by atoms with van der Waals surface area (Å²) >= 11 is 0. The summed E-state index contributed by atoms with van der Waals surface area (Å²) in [4.78, 5) is 11.5. The van der Waals surface area contributed by atoms with Crippen molar-refractivity contribution in [3.63, 3.8) is 0 Å². The highest BCUT2D eigenvalue weighted by atomic mass is 15.3. The predicted molar refractivity (Wildman–Crippen MR) is 101 cm³/mol. The number of piperidine rings is 1. The number of nitrogens with zero attached hydrogens (tertiary/aromatic N) is 5. The molecule has 1 aliphatic heterocycles. The minimum Gasteiger partial charge on any atom is -0.355 e. The van der Waals surface area contributed by atoms with Crippen LogP contribution in [0.3, 0.4) is 0 Å². The van der Waals surface area contributed by atoms with Crippen LogP contribution in [0.2, 0.25) is 0 Å².